The smallest absolute Gasteiger partial charge is 0.260 e. The molecule has 24 heavy (non-hydrogen) atoms. The number of aromatic nitrogens is 1. The minimum absolute atomic E-state index is 0.250. The van der Waals surface area contributed by atoms with Crippen molar-refractivity contribution in [1.82, 2.24) is 9.88 Å². The number of hydrogen-bond donors (Lipinski definition) is 1. The number of carbonyl (C=O) groups excluding carboxylic acids is 1. The largest absolute Gasteiger partial charge is 0.365 e. The van der Waals surface area contributed by atoms with E-state index in [1.165, 1.54) is 23.5 Å². The van der Waals surface area contributed by atoms with Gasteiger partial charge in [0.15, 0.2) is 0 Å². The van der Waals surface area contributed by atoms with Crippen LogP contribution in [0.15, 0.2) is 24.3 Å². The first-order chi connectivity index (χ1) is 11.5. The average molecular weight is 345 g/mol. The molecule has 0 aliphatic carbocycles. The Morgan fingerprint density at radius 3 is 2.54 bits per heavy atom. The summed E-state index contributed by atoms with van der Waals surface area (Å²) in [6.45, 7) is 4.48. The number of carbonyl (C=O) groups is 1. The van der Waals surface area contributed by atoms with E-state index in [1.807, 2.05) is 0 Å². The van der Waals surface area contributed by atoms with Gasteiger partial charge in [0.25, 0.3) is 5.91 Å². The van der Waals surface area contributed by atoms with Crippen LogP contribution in [0.3, 0.4) is 0 Å². The minimum atomic E-state index is -0.417. The van der Waals surface area contributed by atoms with Crippen molar-refractivity contribution in [2.24, 2.45) is 11.7 Å². The Bertz CT molecular complexity index is 763. The zero-order valence-corrected chi connectivity index (χ0v) is 14.4. The summed E-state index contributed by atoms with van der Waals surface area (Å²) in [5, 5.41) is 0.738. The van der Waals surface area contributed by atoms with Gasteiger partial charge in [0.2, 0.25) is 0 Å². The van der Waals surface area contributed by atoms with Gasteiger partial charge in [-0.15, -0.1) is 11.3 Å². The molecule has 0 unspecified atom stereocenters. The highest BCUT2D eigenvalue weighted by atomic mass is 32.1. The van der Waals surface area contributed by atoms with Gasteiger partial charge in [-0.2, -0.15) is 0 Å². The summed E-state index contributed by atoms with van der Waals surface area (Å²) < 4.78 is 13.2. The van der Waals surface area contributed by atoms with E-state index in [0.717, 1.165) is 42.2 Å². The number of rotatable bonds is 3. The van der Waals surface area contributed by atoms with E-state index in [9.17, 15) is 9.18 Å². The number of halogens is 1. The van der Waals surface area contributed by atoms with Crippen LogP contribution in [-0.2, 0) is 0 Å². The van der Waals surface area contributed by atoms with Crippen LogP contribution in [0.4, 0.5) is 4.39 Å². The van der Waals surface area contributed by atoms with Gasteiger partial charge in [0.1, 0.15) is 15.7 Å². The summed E-state index contributed by atoms with van der Waals surface area (Å²) in [4.78, 5) is 19.8. The summed E-state index contributed by atoms with van der Waals surface area (Å²) in [5.74, 6) is 0.114. The number of amides is 1. The number of nitrogens with zero attached hydrogens (tertiary/aromatic N) is 2. The molecule has 4 nitrogen and oxygen atoms in total. The molecular weight excluding hydrogens is 325 g/mol. The maximum Gasteiger partial charge on any atom is 0.260 e. The number of thiazole rings is 1. The molecule has 3 fully saturated rings. The topological polar surface area (TPSA) is 59.2 Å². The van der Waals surface area contributed by atoms with Crippen LogP contribution in [0.25, 0.3) is 10.6 Å². The van der Waals surface area contributed by atoms with Gasteiger partial charge in [-0.05, 0) is 63.0 Å². The van der Waals surface area contributed by atoms with E-state index >= 15 is 0 Å². The Hall–Kier alpha value is -1.79. The Labute approximate surface area is 144 Å². The van der Waals surface area contributed by atoms with E-state index in [4.69, 9.17) is 10.7 Å². The molecule has 6 heteroatoms. The summed E-state index contributed by atoms with van der Waals surface area (Å²) in [6, 6.07) is 6.60. The van der Waals surface area contributed by atoms with E-state index in [0.29, 0.717) is 16.8 Å². The van der Waals surface area contributed by atoms with Crippen molar-refractivity contribution in [1.29, 1.82) is 0 Å². The molecule has 2 aromatic rings. The zero-order valence-electron chi connectivity index (χ0n) is 13.5. The Balaban J connectivity index is 1.77. The van der Waals surface area contributed by atoms with Crippen LogP contribution >= 0.6 is 11.3 Å². The summed E-state index contributed by atoms with van der Waals surface area (Å²) in [5.41, 5.74) is 7.30. The first kappa shape index (κ1) is 15.7. The first-order valence-corrected chi connectivity index (χ1v) is 9.16. The van der Waals surface area contributed by atoms with Crippen molar-refractivity contribution in [2.75, 3.05) is 13.1 Å². The SMILES string of the molecule is C[C@H]1[C@H](c2nc(-c3ccc(F)cc3)sc2C(N)=O)C2CCN1CC2. The van der Waals surface area contributed by atoms with Gasteiger partial charge in [-0.3, -0.25) is 9.69 Å². The van der Waals surface area contributed by atoms with Crippen LogP contribution in [0.1, 0.15) is 41.0 Å². The highest BCUT2D eigenvalue weighted by Crippen LogP contribution is 2.45. The van der Waals surface area contributed by atoms with E-state index in [1.54, 1.807) is 12.1 Å². The number of piperidine rings is 3. The van der Waals surface area contributed by atoms with E-state index in [2.05, 4.69) is 11.8 Å². The number of hydrogen-bond acceptors (Lipinski definition) is 4. The van der Waals surface area contributed by atoms with Gasteiger partial charge in [-0.1, -0.05) is 0 Å². The third-order valence-corrected chi connectivity index (χ3v) is 6.60. The van der Waals surface area contributed by atoms with Crippen molar-refractivity contribution in [3.63, 3.8) is 0 Å². The van der Waals surface area contributed by atoms with Crippen molar-refractivity contribution in [3.8, 4) is 10.6 Å². The number of primary amides is 1. The lowest BCUT2D eigenvalue weighted by molar-refractivity contribution is 0.0334. The number of benzene rings is 1. The second kappa shape index (κ2) is 5.93. The quantitative estimate of drug-likeness (QED) is 0.929. The highest BCUT2D eigenvalue weighted by Gasteiger charge is 2.43. The molecule has 0 radical (unpaired) electrons. The predicted octanol–water partition coefficient (Wildman–Crippen LogP) is 3.25. The van der Waals surface area contributed by atoms with Crippen molar-refractivity contribution >= 4 is 17.2 Å². The summed E-state index contributed by atoms with van der Waals surface area (Å²) >= 11 is 1.32. The lowest BCUT2D eigenvalue weighted by Crippen LogP contribution is -2.52. The third kappa shape index (κ3) is 2.54. The monoisotopic (exact) mass is 345 g/mol. The van der Waals surface area contributed by atoms with Gasteiger partial charge in [-0.25, -0.2) is 9.37 Å². The van der Waals surface area contributed by atoms with E-state index < -0.39 is 5.91 Å². The standard InChI is InChI=1S/C18H20FN3OS/c1-10-14(11-6-8-22(10)9-7-11)15-16(17(20)23)24-18(21-15)12-2-4-13(19)5-3-12/h2-5,10-11,14H,6-9H2,1H3,(H2,20,23)/t10-,14-/m0/s1. The fraction of sp³-hybridized carbons (Fsp3) is 0.444. The normalized spacial score (nSPS) is 28.9. The predicted molar refractivity (Wildman–Crippen MR) is 92.5 cm³/mol. The minimum Gasteiger partial charge on any atom is -0.365 e. The van der Waals surface area contributed by atoms with Crippen molar-refractivity contribution < 1.29 is 9.18 Å². The van der Waals surface area contributed by atoms with Crippen LogP contribution < -0.4 is 5.73 Å². The lowest BCUT2D eigenvalue weighted by atomic mass is 9.72. The zero-order chi connectivity index (χ0) is 16.8. The molecule has 5 rings (SSSR count). The Morgan fingerprint density at radius 1 is 1.29 bits per heavy atom. The van der Waals surface area contributed by atoms with E-state index in [-0.39, 0.29) is 11.7 Å². The third-order valence-electron chi connectivity index (χ3n) is 5.46. The van der Waals surface area contributed by atoms with Gasteiger partial charge in [0, 0.05) is 17.5 Å². The van der Waals surface area contributed by atoms with Crippen molar-refractivity contribution in [2.45, 2.75) is 31.7 Å². The fourth-order valence-electron chi connectivity index (χ4n) is 4.21. The van der Waals surface area contributed by atoms with Gasteiger partial charge >= 0.3 is 0 Å². The molecule has 0 saturated carbocycles. The molecule has 1 aromatic carbocycles. The van der Waals surface area contributed by atoms with Gasteiger partial charge in [0.05, 0.1) is 5.69 Å². The molecule has 126 valence electrons. The first-order valence-electron chi connectivity index (χ1n) is 8.35. The molecule has 1 amide bonds. The second-order valence-electron chi connectivity index (χ2n) is 6.74. The highest BCUT2D eigenvalue weighted by molar-refractivity contribution is 7.17. The lowest BCUT2D eigenvalue weighted by Gasteiger charge is -2.49. The number of fused-ring (bicyclic) bond motifs is 3. The maximum absolute atomic E-state index is 13.2. The average Bonchev–Trinajstić information content (AvgIpc) is 3.02. The molecule has 0 spiro atoms. The van der Waals surface area contributed by atoms with Crippen molar-refractivity contribution in [3.05, 3.63) is 40.7 Å². The second-order valence-corrected chi connectivity index (χ2v) is 7.74. The molecule has 4 heterocycles. The van der Waals surface area contributed by atoms with Crippen LogP contribution in [-0.4, -0.2) is 34.9 Å². The summed E-state index contributed by atoms with van der Waals surface area (Å²) in [7, 11) is 0. The molecule has 1 aromatic heterocycles. The van der Waals surface area contributed by atoms with Crippen LogP contribution in [0.2, 0.25) is 0 Å². The molecule has 3 aliphatic rings. The molecule has 2 bridgehead atoms. The van der Waals surface area contributed by atoms with Crippen LogP contribution in [0.5, 0.6) is 0 Å². The molecular formula is C18H20FN3OS. The fourth-order valence-corrected chi connectivity index (χ4v) is 5.19. The number of nitrogens with two attached hydrogens (primary N) is 1. The molecule has 2 atom stereocenters. The summed E-state index contributed by atoms with van der Waals surface area (Å²) in [6.07, 6.45) is 2.30. The maximum atomic E-state index is 13.2. The molecule has 2 N–H and O–H groups in total. The Morgan fingerprint density at radius 2 is 1.96 bits per heavy atom. The molecule has 3 saturated heterocycles. The Kier molecular flexibility index (Phi) is 3.89. The van der Waals surface area contributed by atoms with Gasteiger partial charge < -0.3 is 5.73 Å². The molecule has 3 aliphatic heterocycles. The van der Waals surface area contributed by atoms with Crippen LogP contribution in [0, 0.1) is 11.7 Å².